The summed E-state index contributed by atoms with van der Waals surface area (Å²) >= 11 is 0. The number of aliphatic hydroxyl groups is 1. The summed E-state index contributed by atoms with van der Waals surface area (Å²) in [5.41, 5.74) is -0.946. The first kappa shape index (κ1) is 9.93. The second kappa shape index (κ2) is 4.70. The maximum Gasteiger partial charge on any atom is 0.0845 e. The number of hydrogen-bond donors (Lipinski definition) is 1. The molecule has 60 valence electrons. The lowest BCUT2D eigenvalue weighted by Gasteiger charge is -2.21. The van der Waals surface area contributed by atoms with E-state index in [1.54, 1.807) is 12.2 Å². The molecule has 0 aliphatic heterocycles. The van der Waals surface area contributed by atoms with Gasteiger partial charge in [0.05, 0.1) is 18.1 Å². The van der Waals surface area contributed by atoms with Crippen LogP contribution in [0.1, 0.15) is 19.3 Å². The molecule has 0 radical (unpaired) electrons. The van der Waals surface area contributed by atoms with Crippen LogP contribution < -0.4 is 0 Å². The smallest absolute Gasteiger partial charge is 0.0845 e. The van der Waals surface area contributed by atoms with Crippen LogP contribution in [0.4, 0.5) is 0 Å². The van der Waals surface area contributed by atoms with Gasteiger partial charge in [0.2, 0.25) is 0 Å². The Kier molecular flexibility index (Phi) is 4.24. The Morgan fingerprint density at radius 2 is 1.82 bits per heavy atom. The summed E-state index contributed by atoms with van der Waals surface area (Å²) in [4.78, 5) is 0. The van der Waals surface area contributed by atoms with Gasteiger partial charge in [-0.25, -0.2) is 0 Å². The third-order valence-corrected chi connectivity index (χ3v) is 1.46. The minimum atomic E-state index is -0.946. The van der Waals surface area contributed by atoms with Crippen molar-refractivity contribution < 1.29 is 5.11 Å². The molecule has 0 amide bonds. The minimum absolute atomic E-state index is 0.130. The third kappa shape index (κ3) is 3.59. The largest absolute Gasteiger partial charge is 0.388 e. The predicted molar refractivity (Wildman–Crippen MR) is 44.8 cm³/mol. The van der Waals surface area contributed by atoms with Crippen LogP contribution in [0, 0.1) is 11.3 Å². The van der Waals surface area contributed by atoms with E-state index < -0.39 is 5.60 Å². The molecule has 2 heteroatoms. The molecule has 0 saturated heterocycles. The van der Waals surface area contributed by atoms with Crippen molar-refractivity contribution in [2.75, 3.05) is 0 Å². The predicted octanol–water partition coefficient (Wildman–Crippen LogP) is 1.78. The van der Waals surface area contributed by atoms with E-state index in [0.29, 0.717) is 12.8 Å². The molecule has 0 aromatic carbocycles. The van der Waals surface area contributed by atoms with Crippen molar-refractivity contribution >= 4 is 0 Å². The molecule has 0 spiro atoms. The van der Waals surface area contributed by atoms with Crippen molar-refractivity contribution in [2.24, 2.45) is 0 Å². The molecule has 1 N–H and O–H groups in total. The van der Waals surface area contributed by atoms with E-state index in [0.717, 1.165) is 0 Å². The zero-order valence-electron chi connectivity index (χ0n) is 6.58. The van der Waals surface area contributed by atoms with Crippen LogP contribution in [0.15, 0.2) is 25.3 Å². The van der Waals surface area contributed by atoms with Gasteiger partial charge in [0, 0.05) is 0 Å². The first-order valence-corrected chi connectivity index (χ1v) is 3.49. The third-order valence-electron chi connectivity index (χ3n) is 1.46. The fourth-order valence-corrected chi connectivity index (χ4v) is 0.912. The van der Waals surface area contributed by atoms with Crippen molar-refractivity contribution in [3.63, 3.8) is 0 Å². The molecule has 0 bridgehead atoms. The van der Waals surface area contributed by atoms with E-state index in [-0.39, 0.29) is 6.42 Å². The average Bonchev–Trinajstić information content (AvgIpc) is 1.88. The molecule has 0 saturated carbocycles. The van der Waals surface area contributed by atoms with Gasteiger partial charge < -0.3 is 5.11 Å². The molecule has 2 nitrogen and oxygen atoms in total. The fourth-order valence-electron chi connectivity index (χ4n) is 0.912. The van der Waals surface area contributed by atoms with E-state index in [1.165, 1.54) is 0 Å². The molecule has 0 aromatic rings. The number of hydrogen-bond acceptors (Lipinski definition) is 2. The van der Waals surface area contributed by atoms with Gasteiger partial charge in [-0.3, -0.25) is 0 Å². The highest BCUT2D eigenvalue weighted by atomic mass is 16.3. The Bertz CT molecular complexity index is 168. The van der Waals surface area contributed by atoms with Crippen LogP contribution in [0.3, 0.4) is 0 Å². The average molecular weight is 151 g/mol. The minimum Gasteiger partial charge on any atom is -0.388 e. The molecule has 11 heavy (non-hydrogen) atoms. The Balaban J connectivity index is 4.12. The Morgan fingerprint density at radius 1 is 1.36 bits per heavy atom. The van der Waals surface area contributed by atoms with Gasteiger partial charge in [0.1, 0.15) is 0 Å². The van der Waals surface area contributed by atoms with Crippen LogP contribution in [0.2, 0.25) is 0 Å². The molecule has 0 aromatic heterocycles. The Morgan fingerprint density at radius 3 is 2.09 bits per heavy atom. The summed E-state index contributed by atoms with van der Waals surface area (Å²) in [6.45, 7) is 7.01. The van der Waals surface area contributed by atoms with Crippen molar-refractivity contribution in [3.8, 4) is 6.07 Å². The molecule has 0 heterocycles. The van der Waals surface area contributed by atoms with Gasteiger partial charge in [-0.2, -0.15) is 5.26 Å². The first-order chi connectivity index (χ1) is 5.18. The topological polar surface area (TPSA) is 44.0 Å². The second-order valence-electron chi connectivity index (χ2n) is 2.54. The highest BCUT2D eigenvalue weighted by Crippen LogP contribution is 2.19. The lowest BCUT2D eigenvalue weighted by atomic mass is 9.92. The maximum absolute atomic E-state index is 9.65. The lowest BCUT2D eigenvalue weighted by Crippen LogP contribution is -2.26. The summed E-state index contributed by atoms with van der Waals surface area (Å²) in [5.74, 6) is 0. The Labute approximate surface area is 67.5 Å². The summed E-state index contributed by atoms with van der Waals surface area (Å²) in [7, 11) is 0. The van der Waals surface area contributed by atoms with Crippen molar-refractivity contribution in [1.29, 1.82) is 5.26 Å². The van der Waals surface area contributed by atoms with Crippen LogP contribution >= 0.6 is 0 Å². The number of nitrogens with zero attached hydrogens (tertiary/aromatic N) is 1. The zero-order chi connectivity index (χ0) is 8.74. The van der Waals surface area contributed by atoms with E-state index >= 15 is 0 Å². The van der Waals surface area contributed by atoms with E-state index in [9.17, 15) is 5.11 Å². The van der Waals surface area contributed by atoms with E-state index in [1.807, 2.05) is 6.07 Å². The zero-order valence-corrected chi connectivity index (χ0v) is 6.58. The lowest BCUT2D eigenvalue weighted by molar-refractivity contribution is 0.0513. The molecular formula is C9H13NO. The maximum atomic E-state index is 9.65. The summed E-state index contributed by atoms with van der Waals surface area (Å²) in [6.07, 6.45) is 4.23. The molecule has 0 atom stereocenters. The standard InChI is InChI=1S/C9H13NO/c1-3-5-9(11,6-4-2)7-8-10/h3-4,11H,1-2,5-7H2. The number of nitriles is 1. The van der Waals surface area contributed by atoms with Crippen LogP contribution in [0.5, 0.6) is 0 Å². The quantitative estimate of drug-likeness (QED) is 0.609. The van der Waals surface area contributed by atoms with Gasteiger partial charge in [-0.05, 0) is 12.8 Å². The van der Waals surface area contributed by atoms with E-state index in [2.05, 4.69) is 13.2 Å². The van der Waals surface area contributed by atoms with Crippen molar-refractivity contribution in [2.45, 2.75) is 24.9 Å². The van der Waals surface area contributed by atoms with Gasteiger partial charge in [0.25, 0.3) is 0 Å². The molecular weight excluding hydrogens is 138 g/mol. The molecule has 0 aliphatic rings. The number of rotatable bonds is 5. The van der Waals surface area contributed by atoms with Gasteiger partial charge in [-0.15, -0.1) is 13.2 Å². The van der Waals surface area contributed by atoms with Crippen LogP contribution in [-0.4, -0.2) is 10.7 Å². The van der Waals surface area contributed by atoms with Gasteiger partial charge in [-0.1, -0.05) is 12.2 Å². The second-order valence-corrected chi connectivity index (χ2v) is 2.54. The van der Waals surface area contributed by atoms with E-state index in [4.69, 9.17) is 5.26 Å². The van der Waals surface area contributed by atoms with Gasteiger partial charge in [0.15, 0.2) is 0 Å². The van der Waals surface area contributed by atoms with Crippen molar-refractivity contribution in [1.82, 2.24) is 0 Å². The summed E-state index contributed by atoms with van der Waals surface area (Å²) in [6, 6.07) is 1.93. The summed E-state index contributed by atoms with van der Waals surface area (Å²) in [5, 5.41) is 18.0. The fraction of sp³-hybridized carbons (Fsp3) is 0.444. The summed E-state index contributed by atoms with van der Waals surface area (Å²) < 4.78 is 0. The van der Waals surface area contributed by atoms with Gasteiger partial charge >= 0.3 is 0 Å². The molecule has 0 unspecified atom stereocenters. The highest BCUT2D eigenvalue weighted by Gasteiger charge is 2.22. The highest BCUT2D eigenvalue weighted by molar-refractivity contribution is 4.97. The first-order valence-electron chi connectivity index (χ1n) is 3.49. The monoisotopic (exact) mass is 151 g/mol. The van der Waals surface area contributed by atoms with Crippen LogP contribution in [0.25, 0.3) is 0 Å². The molecule has 0 fully saturated rings. The van der Waals surface area contributed by atoms with Crippen LogP contribution in [-0.2, 0) is 0 Å². The van der Waals surface area contributed by atoms with Crippen molar-refractivity contribution in [3.05, 3.63) is 25.3 Å². The normalized spacial score (nSPS) is 10.2. The Hall–Kier alpha value is -1.07. The molecule has 0 aliphatic carbocycles. The molecule has 0 rings (SSSR count). The SMILES string of the molecule is C=CCC(O)(CC#N)CC=C.